The van der Waals surface area contributed by atoms with Crippen LogP contribution in [-0.2, 0) is 16.1 Å². The van der Waals surface area contributed by atoms with Crippen LogP contribution in [0.15, 0.2) is 24.3 Å². The van der Waals surface area contributed by atoms with Crippen molar-refractivity contribution in [3.8, 4) is 0 Å². The van der Waals surface area contributed by atoms with E-state index in [4.69, 9.17) is 4.74 Å². The standard InChI is InChI=1S/C16H24N2O2/c1-2-17-12-14-5-3-4-6-15(14)18-16(19)11-13-7-9-20-10-8-13/h3-6,13,17H,2,7-12H2,1H3,(H,18,19). The van der Waals surface area contributed by atoms with Gasteiger partial charge in [-0.2, -0.15) is 0 Å². The number of nitrogens with one attached hydrogen (secondary N) is 2. The normalized spacial score (nSPS) is 16.1. The monoisotopic (exact) mass is 276 g/mol. The third-order valence-electron chi connectivity index (χ3n) is 3.67. The lowest BCUT2D eigenvalue weighted by molar-refractivity contribution is -0.117. The molecule has 0 radical (unpaired) electrons. The SMILES string of the molecule is CCNCc1ccccc1NC(=O)CC1CCOCC1. The first-order valence-electron chi connectivity index (χ1n) is 7.45. The zero-order valence-electron chi connectivity index (χ0n) is 12.2. The molecule has 0 unspecified atom stereocenters. The van der Waals surface area contributed by atoms with E-state index in [-0.39, 0.29) is 5.91 Å². The lowest BCUT2D eigenvalue weighted by atomic mass is 9.96. The fourth-order valence-electron chi connectivity index (χ4n) is 2.47. The smallest absolute Gasteiger partial charge is 0.224 e. The molecule has 0 aliphatic carbocycles. The highest BCUT2D eigenvalue weighted by Gasteiger charge is 2.17. The molecule has 20 heavy (non-hydrogen) atoms. The number of benzene rings is 1. The minimum absolute atomic E-state index is 0.112. The van der Waals surface area contributed by atoms with Crippen molar-refractivity contribution >= 4 is 11.6 Å². The van der Waals surface area contributed by atoms with E-state index in [1.54, 1.807) is 0 Å². The Hall–Kier alpha value is -1.39. The van der Waals surface area contributed by atoms with Crippen molar-refractivity contribution in [1.29, 1.82) is 0 Å². The number of rotatable bonds is 6. The Bertz CT molecular complexity index is 428. The van der Waals surface area contributed by atoms with Crippen LogP contribution in [0.4, 0.5) is 5.69 Å². The molecule has 0 aromatic heterocycles. The molecule has 1 aliphatic heterocycles. The Morgan fingerprint density at radius 1 is 1.30 bits per heavy atom. The number of carbonyl (C=O) groups is 1. The van der Waals surface area contributed by atoms with Gasteiger partial charge in [0.15, 0.2) is 0 Å². The lowest BCUT2D eigenvalue weighted by Gasteiger charge is -2.21. The molecule has 0 bridgehead atoms. The molecular formula is C16H24N2O2. The average Bonchev–Trinajstić information content (AvgIpc) is 2.47. The molecule has 0 atom stereocenters. The van der Waals surface area contributed by atoms with Crippen molar-refractivity contribution < 1.29 is 9.53 Å². The van der Waals surface area contributed by atoms with Gasteiger partial charge in [0.05, 0.1) is 0 Å². The lowest BCUT2D eigenvalue weighted by Crippen LogP contribution is -2.23. The summed E-state index contributed by atoms with van der Waals surface area (Å²) in [5, 5.41) is 6.34. The third-order valence-corrected chi connectivity index (χ3v) is 3.67. The van der Waals surface area contributed by atoms with Crippen LogP contribution in [0, 0.1) is 5.92 Å². The van der Waals surface area contributed by atoms with Crippen LogP contribution in [0.3, 0.4) is 0 Å². The summed E-state index contributed by atoms with van der Waals surface area (Å²) in [4.78, 5) is 12.1. The minimum Gasteiger partial charge on any atom is -0.381 e. The summed E-state index contributed by atoms with van der Waals surface area (Å²) < 4.78 is 5.32. The van der Waals surface area contributed by atoms with Crippen LogP contribution in [0.1, 0.15) is 31.7 Å². The van der Waals surface area contributed by atoms with Crippen LogP contribution in [0.25, 0.3) is 0 Å². The van der Waals surface area contributed by atoms with Gasteiger partial charge in [0.25, 0.3) is 0 Å². The third kappa shape index (κ3) is 4.62. The predicted octanol–water partition coefficient (Wildman–Crippen LogP) is 2.55. The predicted molar refractivity (Wildman–Crippen MR) is 80.6 cm³/mol. The van der Waals surface area contributed by atoms with E-state index in [1.165, 1.54) is 0 Å². The number of para-hydroxylation sites is 1. The molecule has 1 aliphatic rings. The Kier molecular flexibility index (Phi) is 6.02. The Morgan fingerprint density at radius 2 is 2.05 bits per heavy atom. The minimum atomic E-state index is 0.112. The zero-order valence-corrected chi connectivity index (χ0v) is 12.2. The average molecular weight is 276 g/mol. The first kappa shape index (κ1) is 15.0. The van der Waals surface area contributed by atoms with Gasteiger partial charge in [-0.15, -0.1) is 0 Å². The van der Waals surface area contributed by atoms with Crippen molar-refractivity contribution in [2.24, 2.45) is 5.92 Å². The molecule has 2 rings (SSSR count). The van der Waals surface area contributed by atoms with E-state index < -0.39 is 0 Å². The van der Waals surface area contributed by atoms with Crippen LogP contribution in [0.2, 0.25) is 0 Å². The molecule has 110 valence electrons. The molecule has 1 saturated heterocycles. The second-order valence-electron chi connectivity index (χ2n) is 5.25. The molecule has 4 heteroatoms. The topological polar surface area (TPSA) is 50.4 Å². The highest BCUT2D eigenvalue weighted by molar-refractivity contribution is 5.91. The Balaban J connectivity index is 1.89. The van der Waals surface area contributed by atoms with E-state index in [9.17, 15) is 4.79 Å². The van der Waals surface area contributed by atoms with Crippen molar-refractivity contribution in [2.45, 2.75) is 32.7 Å². The number of hydrogen-bond donors (Lipinski definition) is 2. The maximum atomic E-state index is 12.1. The number of ether oxygens (including phenoxy) is 1. The van der Waals surface area contributed by atoms with Gasteiger partial charge in [-0.1, -0.05) is 25.1 Å². The number of hydrogen-bond acceptors (Lipinski definition) is 3. The second kappa shape index (κ2) is 8.02. The van der Waals surface area contributed by atoms with Gasteiger partial charge in [0.2, 0.25) is 5.91 Å². The zero-order chi connectivity index (χ0) is 14.2. The largest absolute Gasteiger partial charge is 0.381 e. The van der Waals surface area contributed by atoms with E-state index in [0.717, 1.165) is 50.4 Å². The van der Waals surface area contributed by atoms with Gasteiger partial charge >= 0.3 is 0 Å². The first-order chi connectivity index (χ1) is 9.79. The number of anilines is 1. The first-order valence-corrected chi connectivity index (χ1v) is 7.45. The molecule has 1 heterocycles. The molecule has 0 spiro atoms. The summed E-state index contributed by atoms with van der Waals surface area (Å²) in [6, 6.07) is 7.97. The Morgan fingerprint density at radius 3 is 2.80 bits per heavy atom. The van der Waals surface area contributed by atoms with Crippen LogP contribution >= 0.6 is 0 Å². The molecule has 4 nitrogen and oxygen atoms in total. The summed E-state index contributed by atoms with van der Waals surface area (Å²) in [7, 11) is 0. The van der Waals surface area contributed by atoms with E-state index in [0.29, 0.717) is 12.3 Å². The fourth-order valence-corrected chi connectivity index (χ4v) is 2.47. The highest BCUT2D eigenvalue weighted by Crippen LogP contribution is 2.20. The summed E-state index contributed by atoms with van der Waals surface area (Å²) in [5.41, 5.74) is 2.06. The van der Waals surface area contributed by atoms with Crippen molar-refractivity contribution in [2.75, 3.05) is 25.1 Å². The summed E-state index contributed by atoms with van der Waals surface area (Å²) in [5.74, 6) is 0.575. The van der Waals surface area contributed by atoms with Crippen molar-refractivity contribution in [1.82, 2.24) is 5.32 Å². The molecule has 2 N–H and O–H groups in total. The number of carbonyl (C=O) groups excluding carboxylic acids is 1. The van der Waals surface area contributed by atoms with Gasteiger partial charge < -0.3 is 15.4 Å². The molecule has 1 aromatic carbocycles. The van der Waals surface area contributed by atoms with Gasteiger partial charge in [-0.25, -0.2) is 0 Å². The van der Waals surface area contributed by atoms with Crippen LogP contribution < -0.4 is 10.6 Å². The van der Waals surface area contributed by atoms with Crippen molar-refractivity contribution in [3.05, 3.63) is 29.8 Å². The van der Waals surface area contributed by atoms with Crippen LogP contribution in [0.5, 0.6) is 0 Å². The molecule has 0 saturated carbocycles. The summed E-state index contributed by atoms with van der Waals surface area (Å²) >= 11 is 0. The fraction of sp³-hybridized carbons (Fsp3) is 0.562. The van der Waals surface area contributed by atoms with Gasteiger partial charge in [0, 0.05) is 31.9 Å². The maximum Gasteiger partial charge on any atom is 0.224 e. The number of amides is 1. The highest BCUT2D eigenvalue weighted by atomic mass is 16.5. The molecular weight excluding hydrogens is 252 g/mol. The van der Waals surface area contributed by atoms with Crippen molar-refractivity contribution in [3.63, 3.8) is 0 Å². The second-order valence-corrected chi connectivity index (χ2v) is 5.25. The summed E-state index contributed by atoms with van der Waals surface area (Å²) in [6.07, 6.45) is 2.58. The van der Waals surface area contributed by atoms with E-state index >= 15 is 0 Å². The van der Waals surface area contributed by atoms with E-state index in [2.05, 4.69) is 17.6 Å². The molecule has 1 aromatic rings. The molecule has 1 fully saturated rings. The Labute approximate surface area is 120 Å². The summed E-state index contributed by atoms with van der Waals surface area (Å²) in [6.45, 7) is 5.35. The van der Waals surface area contributed by atoms with Crippen LogP contribution in [-0.4, -0.2) is 25.7 Å². The van der Waals surface area contributed by atoms with E-state index in [1.807, 2.05) is 24.3 Å². The molecule has 1 amide bonds. The maximum absolute atomic E-state index is 12.1. The van der Waals surface area contributed by atoms with Gasteiger partial charge in [-0.3, -0.25) is 4.79 Å². The van der Waals surface area contributed by atoms with Gasteiger partial charge in [0.1, 0.15) is 0 Å². The van der Waals surface area contributed by atoms with Gasteiger partial charge in [-0.05, 0) is 36.9 Å². The quantitative estimate of drug-likeness (QED) is 0.839.